The van der Waals surface area contributed by atoms with Crippen LogP contribution in [-0.4, -0.2) is 39.1 Å². The number of anilines is 1. The Hall–Kier alpha value is -3.18. The number of carboxylic acid groups (broad SMARTS) is 1. The summed E-state index contributed by atoms with van der Waals surface area (Å²) < 4.78 is 6.17. The van der Waals surface area contributed by atoms with E-state index in [0.717, 1.165) is 47.6 Å². The summed E-state index contributed by atoms with van der Waals surface area (Å²) in [5.41, 5.74) is 1.01. The van der Waals surface area contributed by atoms with Crippen LogP contribution in [0.25, 0.3) is 6.08 Å². The van der Waals surface area contributed by atoms with E-state index in [1.54, 1.807) is 12.3 Å². The molecule has 0 bridgehead atoms. The SMILES string of the molecule is CCC1(C(=O)O)CCC(Oc2ccc(N=C3NC(=O)C(=Cc4cnc(NC(=O)C5CC5)s4)S3)c(C)c2)CC1. The van der Waals surface area contributed by atoms with Crippen LogP contribution in [0, 0.1) is 18.3 Å². The Morgan fingerprint density at radius 3 is 2.71 bits per heavy atom. The van der Waals surface area contributed by atoms with Crippen molar-refractivity contribution in [2.24, 2.45) is 16.3 Å². The van der Waals surface area contributed by atoms with Gasteiger partial charge in [0.2, 0.25) is 5.91 Å². The number of carboxylic acids is 1. The number of nitrogens with zero attached hydrogens (tertiary/aromatic N) is 2. The second-order valence-electron chi connectivity index (χ2n) is 10.0. The number of thiazole rings is 1. The van der Waals surface area contributed by atoms with Crippen LogP contribution in [0.3, 0.4) is 0 Å². The molecular formula is C27H30N4O5S2. The number of nitrogens with one attached hydrogen (secondary N) is 2. The number of aliphatic imine (C=N–C) groups is 1. The average molecular weight is 555 g/mol. The molecule has 0 atom stereocenters. The standard InChI is InChI=1S/C27H30N4O5S2/c1-3-27(24(34)35)10-8-17(9-11-27)36-18-6-7-20(15(2)12-18)29-26-31-23(33)21(38-26)13-19-14-28-25(37-19)30-22(32)16-4-5-16/h6-7,12-14,16-17H,3-5,8-11H2,1-2H3,(H,34,35)(H,28,30,32)(H,29,31,33). The highest BCUT2D eigenvalue weighted by molar-refractivity contribution is 8.18. The smallest absolute Gasteiger partial charge is 0.309 e. The molecule has 2 heterocycles. The van der Waals surface area contributed by atoms with Gasteiger partial charge in [0.1, 0.15) is 5.75 Å². The minimum atomic E-state index is -0.707. The van der Waals surface area contributed by atoms with Crippen molar-refractivity contribution in [3.05, 3.63) is 39.7 Å². The van der Waals surface area contributed by atoms with Crippen LogP contribution in [0.1, 0.15) is 62.3 Å². The van der Waals surface area contributed by atoms with E-state index in [2.05, 4.69) is 20.6 Å². The van der Waals surface area contributed by atoms with E-state index in [1.165, 1.54) is 23.1 Å². The highest BCUT2D eigenvalue weighted by Gasteiger charge is 2.41. The number of aliphatic carboxylic acids is 1. The predicted octanol–water partition coefficient (Wildman–Crippen LogP) is 5.49. The molecule has 38 heavy (non-hydrogen) atoms. The number of carbonyl (C=O) groups excluding carboxylic acids is 2. The van der Waals surface area contributed by atoms with Gasteiger partial charge in [-0.2, -0.15) is 0 Å². The number of hydrogen-bond donors (Lipinski definition) is 3. The Bertz CT molecular complexity index is 1320. The van der Waals surface area contributed by atoms with Gasteiger partial charge in [-0.15, -0.1) is 0 Å². The predicted molar refractivity (Wildman–Crippen MR) is 149 cm³/mol. The zero-order chi connectivity index (χ0) is 26.9. The van der Waals surface area contributed by atoms with Gasteiger partial charge >= 0.3 is 5.97 Å². The number of amides is 2. The molecule has 0 radical (unpaired) electrons. The third-order valence-electron chi connectivity index (χ3n) is 7.34. The first kappa shape index (κ1) is 26.4. The molecule has 2 aliphatic carbocycles. The van der Waals surface area contributed by atoms with Gasteiger partial charge < -0.3 is 20.5 Å². The lowest BCUT2D eigenvalue weighted by Crippen LogP contribution is -2.37. The highest BCUT2D eigenvalue weighted by atomic mass is 32.2. The summed E-state index contributed by atoms with van der Waals surface area (Å²) in [6.45, 7) is 3.88. The van der Waals surface area contributed by atoms with E-state index in [0.29, 0.717) is 34.5 Å². The summed E-state index contributed by atoms with van der Waals surface area (Å²) in [5.74, 6) is -0.101. The second kappa shape index (κ2) is 10.9. The van der Waals surface area contributed by atoms with E-state index in [-0.39, 0.29) is 23.8 Å². The Kier molecular flexibility index (Phi) is 7.58. The Morgan fingerprint density at radius 1 is 1.29 bits per heavy atom. The lowest BCUT2D eigenvalue weighted by atomic mass is 9.71. The number of hydrogen-bond acceptors (Lipinski definition) is 8. The molecule has 3 aliphatic rings. The van der Waals surface area contributed by atoms with Gasteiger partial charge in [-0.1, -0.05) is 18.3 Å². The summed E-state index contributed by atoms with van der Waals surface area (Å²) in [6.07, 6.45) is 8.56. The number of benzene rings is 1. The summed E-state index contributed by atoms with van der Waals surface area (Å²) in [7, 11) is 0. The molecule has 2 amide bonds. The zero-order valence-corrected chi connectivity index (χ0v) is 22.9. The first-order valence-electron chi connectivity index (χ1n) is 12.8. The Labute approximate surface area is 229 Å². The number of ether oxygens (including phenoxy) is 1. The number of aromatic nitrogens is 1. The first-order valence-corrected chi connectivity index (χ1v) is 14.4. The van der Waals surface area contributed by atoms with Crippen molar-refractivity contribution in [1.29, 1.82) is 0 Å². The molecule has 5 rings (SSSR count). The molecular weight excluding hydrogens is 524 g/mol. The molecule has 1 aromatic carbocycles. The van der Waals surface area contributed by atoms with Crippen molar-refractivity contribution >= 4 is 62.9 Å². The molecule has 9 nitrogen and oxygen atoms in total. The van der Waals surface area contributed by atoms with Crippen LogP contribution in [0.4, 0.5) is 10.8 Å². The van der Waals surface area contributed by atoms with Crippen molar-refractivity contribution in [2.75, 3.05) is 5.32 Å². The quantitative estimate of drug-likeness (QED) is 0.368. The van der Waals surface area contributed by atoms with Gasteiger partial charge in [-0.05, 0) is 93.5 Å². The van der Waals surface area contributed by atoms with Crippen LogP contribution in [-0.2, 0) is 14.4 Å². The van der Waals surface area contributed by atoms with Crippen molar-refractivity contribution in [3.8, 4) is 5.75 Å². The maximum atomic E-state index is 12.5. The van der Waals surface area contributed by atoms with Gasteiger partial charge in [-0.25, -0.2) is 9.98 Å². The maximum absolute atomic E-state index is 12.5. The number of aryl methyl sites for hydroxylation is 1. The van der Waals surface area contributed by atoms with Crippen molar-refractivity contribution < 1.29 is 24.2 Å². The monoisotopic (exact) mass is 554 g/mol. The minimum absolute atomic E-state index is 0.00255. The van der Waals surface area contributed by atoms with Gasteiger partial charge in [0, 0.05) is 12.1 Å². The summed E-state index contributed by atoms with van der Waals surface area (Å²) >= 11 is 2.58. The Morgan fingerprint density at radius 2 is 2.05 bits per heavy atom. The van der Waals surface area contributed by atoms with Crippen LogP contribution in [0.5, 0.6) is 5.75 Å². The zero-order valence-electron chi connectivity index (χ0n) is 21.3. The van der Waals surface area contributed by atoms with Crippen LogP contribution < -0.4 is 15.4 Å². The van der Waals surface area contributed by atoms with Crippen LogP contribution in [0.15, 0.2) is 34.3 Å². The number of amidine groups is 1. The van der Waals surface area contributed by atoms with Crippen molar-refractivity contribution in [2.45, 2.75) is 64.9 Å². The number of thioether (sulfide) groups is 1. The molecule has 2 aromatic rings. The molecule has 3 fully saturated rings. The van der Waals surface area contributed by atoms with E-state index in [4.69, 9.17) is 4.74 Å². The second-order valence-corrected chi connectivity index (χ2v) is 12.1. The van der Waals surface area contributed by atoms with E-state index >= 15 is 0 Å². The highest BCUT2D eigenvalue weighted by Crippen LogP contribution is 2.41. The summed E-state index contributed by atoms with van der Waals surface area (Å²) in [4.78, 5) is 46.3. The summed E-state index contributed by atoms with van der Waals surface area (Å²) in [5, 5.41) is 16.3. The van der Waals surface area contributed by atoms with Crippen molar-refractivity contribution in [3.63, 3.8) is 0 Å². The summed E-state index contributed by atoms with van der Waals surface area (Å²) in [6, 6.07) is 5.64. The van der Waals surface area contributed by atoms with E-state index in [9.17, 15) is 19.5 Å². The van der Waals surface area contributed by atoms with Crippen LogP contribution >= 0.6 is 23.1 Å². The fraction of sp³-hybridized carbons (Fsp3) is 0.444. The number of rotatable bonds is 8. The fourth-order valence-electron chi connectivity index (χ4n) is 4.68. The molecule has 0 unspecified atom stereocenters. The molecule has 1 saturated heterocycles. The maximum Gasteiger partial charge on any atom is 0.309 e. The Balaban J connectivity index is 1.19. The molecule has 11 heteroatoms. The molecule has 0 spiro atoms. The van der Waals surface area contributed by atoms with Crippen molar-refractivity contribution in [1.82, 2.24) is 10.3 Å². The molecule has 1 aliphatic heterocycles. The normalized spacial score (nSPS) is 25.4. The first-order chi connectivity index (χ1) is 18.2. The molecule has 1 aromatic heterocycles. The van der Waals surface area contributed by atoms with E-state index in [1.807, 2.05) is 32.0 Å². The lowest BCUT2D eigenvalue weighted by molar-refractivity contribution is -0.152. The topological polar surface area (TPSA) is 130 Å². The lowest BCUT2D eigenvalue weighted by Gasteiger charge is -2.36. The van der Waals surface area contributed by atoms with Gasteiger partial charge in [0.05, 0.1) is 27.0 Å². The van der Waals surface area contributed by atoms with Gasteiger partial charge in [-0.3, -0.25) is 14.4 Å². The average Bonchev–Trinajstić information content (AvgIpc) is 3.57. The van der Waals surface area contributed by atoms with Crippen LogP contribution in [0.2, 0.25) is 0 Å². The third kappa shape index (κ3) is 5.94. The molecule has 200 valence electrons. The molecule has 3 N–H and O–H groups in total. The molecule has 2 saturated carbocycles. The largest absolute Gasteiger partial charge is 0.490 e. The third-order valence-corrected chi connectivity index (χ3v) is 9.11. The van der Waals surface area contributed by atoms with Gasteiger partial charge in [0.25, 0.3) is 5.91 Å². The van der Waals surface area contributed by atoms with Gasteiger partial charge in [0.15, 0.2) is 10.3 Å². The number of carbonyl (C=O) groups is 3. The van der Waals surface area contributed by atoms with E-state index < -0.39 is 11.4 Å². The fourth-order valence-corrected chi connectivity index (χ4v) is 6.35. The minimum Gasteiger partial charge on any atom is -0.490 e.